The van der Waals surface area contributed by atoms with Gasteiger partial charge in [0, 0.05) is 32.5 Å². The van der Waals surface area contributed by atoms with Crippen molar-refractivity contribution in [3.8, 4) is 0 Å². The molecule has 2 fully saturated rings. The molecular weight excluding hydrogens is 549 g/mol. The maximum absolute atomic E-state index is 13.7. The number of rotatable bonds is 4. The lowest BCUT2D eigenvalue weighted by Crippen LogP contribution is -2.50. The van der Waals surface area contributed by atoms with Crippen LogP contribution < -0.4 is 0 Å². The lowest BCUT2D eigenvalue weighted by Gasteiger charge is -2.44. The third-order valence-electron chi connectivity index (χ3n) is 8.25. The average molecular weight is 578 g/mol. The molecule has 2 unspecified atom stereocenters. The van der Waals surface area contributed by atoms with Crippen molar-refractivity contribution < 1.29 is 14.7 Å². The van der Waals surface area contributed by atoms with Gasteiger partial charge in [0.05, 0.1) is 5.92 Å². The molecule has 2 aromatic carbocycles. The SMILES string of the molecule is O=C(O)[C@H]1CC[C@H](C(=O)N2CCC3(Cc4ccc(Cl)cc4)c4ccc(I)cc4CCC23)CC1. The summed E-state index contributed by atoms with van der Waals surface area (Å²) in [7, 11) is 0. The molecule has 6 heteroatoms. The minimum Gasteiger partial charge on any atom is -0.481 e. The zero-order valence-electron chi connectivity index (χ0n) is 18.6. The first kappa shape index (κ1) is 23.2. The molecule has 0 spiro atoms. The van der Waals surface area contributed by atoms with Crippen LogP contribution in [0.1, 0.15) is 55.2 Å². The van der Waals surface area contributed by atoms with Crippen LogP contribution in [0.3, 0.4) is 0 Å². The fraction of sp³-hybridized carbons (Fsp3) is 0.481. The first-order valence-electron chi connectivity index (χ1n) is 11.9. The van der Waals surface area contributed by atoms with E-state index in [2.05, 4.69) is 57.8 Å². The smallest absolute Gasteiger partial charge is 0.306 e. The molecule has 0 radical (unpaired) electrons. The summed E-state index contributed by atoms with van der Waals surface area (Å²) in [5, 5.41) is 10.1. The van der Waals surface area contributed by atoms with Gasteiger partial charge in [0.2, 0.25) is 5.91 Å². The first-order valence-corrected chi connectivity index (χ1v) is 13.4. The van der Waals surface area contributed by atoms with Crippen LogP contribution >= 0.6 is 34.2 Å². The topological polar surface area (TPSA) is 57.6 Å². The van der Waals surface area contributed by atoms with Crippen LogP contribution in [-0.4, -0.2) is 34.5 Å². The van der Waals surface area contributed by atoms with Gasteiger partial charge in [0.25, 0.3) is 0 Å². The second kappa shape index (κ2) is 9.21. The number of hydrogen-bond donors (Lipinski definition) is 1. The number of carboxylic acids is 1. The van der Waals surface area contributed by atoms with Gasteiger partial charge in [-0.1, -0.05) is 29.8 Å². The number of nitrogens with zero attached hydrogens (tertiary/aromatic N) is 1. The number of carbonyl (C=O) groups is 2. The van der Waals surface area contributed by atoms with Crippen molar-refractivity contribution in [1.29, 1.82) is 0 Å². The Labute approximate surface area is 213 Å². The summed E-state index contributed by atoms with van der Waals surface area (Å²) < 4.78 is 1.26. The highest BCUT2D eigenvalue weighted by Crippen LogP contribution is 2.50. The summed E-state index contributed by atoms with van der Waals surface area (Å²) in [5.74, 6) is -0.802. The molecule has 174 valence electrons. The van der Waals surface area contributed by atoms with E-state index in [1.165, 1.54) is 20.3 Å². The molecule has 1 aliphatic heterocycles. The molecule has 4 nitrogen and oxygen atoms in total. The quantitative estimate of drug-likeness (QED) is 0.463. The molecule has 0 aromatic heterocycles. The molecule has 2 aromatic rings. The van der Waals surface area contributed by atoms with Crippen molar-refractivity contribution in [1.82, 2.24) is 4.90 Å². The second-order valence-electron chi connectivity index (χ2n) is 9.98. The minimum absolute atomic E-state index is 0.0370. The molecule has 1 N–H and O–H groups in total. The molecule has 33 heavy (non-hydrogen) atoms. The lowest BCUT2D eigenvalue weighted by molar-refractivity contribution is -0.146. The van der Waals surface area contributed by atoms with Crippen LogP contribution in [0.15, 0.2) is 42.5 Å². The number of benzene rings is 2. The summed E-state index contributed by atoms with van der Waals surface area (Å²) in [6, 6.07) is 15.1. The van der Waals surface area contributed by atoms with Crippen LogP contribution in [0.2, 0.25) is 5.02 Å². The summed E-state index contributed by atoms with van der Waals surface area (Å²) in [6.07, 6.45) is 6.45. The number of amides is 1. The van der Waals surface area contributed by atoms with Gasteiger partial charge in [0.1, 0.15) is 0 Å². The Hall–Kier alpha value is -1.60. The van der Waals surface area contributed by atoms with E-state index in [1.807, 2.05) is 12.1 Å². The Bertz CT molecular complexity index is 1060. The van der Waals surface area contributed by atoms with Crippen molar-refractivity contribution in [3.05, 3.63) is 67.7 Å². The number of carboxylic acid groups (broad SMARTS) is 1. The normalized spacial score (nSPS) is 28.8. The Balaban J connectivity index is 1.45. The van der Waals surface area contributed by atoms with Crippen molar-refractivity contribution in [2.75, 3.05) is 6.54 Å². The van der Waals surface area contributed by atoms with Gasteiger partial charge in [0.15, 0.2) is 0 Å². The third kappa shape index (κ3) is 4.31. The Morgan fingerprint density at radius 1 is 1.03 bits per heavy atom. The second-order valence-corrected chi connectivity index (χ2v) is 11.7. The highest BCUT2D eigenvalue weighted by molar-refractivity contribution is 14.1. The molecular formula is C27H29ClINO3. The molecule has 1 amide bonds. The highest BCUT2D eigenvalue weighted by atomic mass is 127. The molecule has 3 aliphatic rings. The summed E-state index contributed by atoms with van der Waals surface area (Å²) >= 11 is 8.54. The fourth-order valence-electron chi connectivity index (χ4n) is 6.59. The van der Waals surface area contributed by atoms with Crippen molar-refractivity contribution in [2.24, 2.45) is 11.8 Å². The van der Waals surface area contributed by atoms with Crippen LogP contribution in [0.4, 0.5) is 0 Å². The van der Waals surface area contributed by atoms with Gasteiger partial charge in [-0.05, 0) is 115 Å². The van der Waals surface area contributed by atoms with Crippen molar-refractivity contribution >= 4 is 46.1 Å². The summed E-state index contributed by atoms with van der Waals surface area (Å²) in [4.78, 5) is 27.2. The average Bonchev–Trinajstić information content (AvgIpc) is 3.19. The van der Waals surface area contributed by atoms with Gasteiger partial charge in [-0.25, -0.2) is 0 Å². The van der Waals surface area contributed by atoms with E-state index in [1.54, 1.807) is 0 Å². The van der Waals surface area contributed by atoms with E-state index >= 15 is 0 Å². The lowest BCUT2D eigenvalue weighted by atomic mass is 9.64. The van der Waals surface area contributed by atoms with E-state index in [4.69, 9.17) is 11.6 Å². The molecule has 5 rings (SSSR count). The summed E-state index contributed by atoms with van der Waals surface area (Å²) in [6.45, 7) is 0.779. The number of carbonyl (C=O) groups excluding carboxylic acids is 1. The number of halogens is 2. The van der Waals surface area contributed by atoms with Crippen molar-refractivity contribution in [2.45, 2.75) is 62.8 Å². The number of aliphatic carboxylic acids is 1. The van der Waals surface area contributed by atoms with E-state index in [0.29, 0.717) is 25.7 Å². The predicted molar refractivity (Wildman–Crippen MR) is 138 cm³/mol. The monoisotopic (exact) mass is 577 g/mol. The van der Waals surface area contributed by atoms with Crippen LogP contribution in [-0.2, 0) is 27.8 Å². The number of aryl methyl sites for hydroxylation is 1. The van der Waals surface area contributed by atoms with Gasteiger partial charge in [-0.3, -0.25) is 9.59 Å². The molecule has 2 aliphatic carbocycles. The first-order chi connectivity index (χ1) is 15.9. The minimum atomic E-state index is -0.720. The Morgan fingerprint density at radius 3 is 2.42 bits per heavy atom. The maximum atomic E-state index is 13.7. The maximum Gasteiger partial charge on any atom is 0.306 e. The van der Waals surface area contributed by atoms with Gasteiger partial charge in [-0.15, -0.1) is 0 Å². The molecule has 2 atom stereocenters. The number of likely N-dealkylation sites (tertiary alicyclic amines) is 1. The van der Waals surface area contributed by atoms with E-state index < -0.39 is 5.97 Å². The number of fused-ring (bicyclic) bond motifs is 3. The zero-order valence-corrected chi connectivity index (χ0v) is 21.5. The van der Waals surface area contributed by atoms with Crippen LogP contribution in [0, 0.1) is 15.4 Å². The van der Waals surface area contributed by atoms with E-state index in [0.717, 1.165) is 37.3 Å². The van der Waals surface area contributed by atoms with E-state index in [9.17, 15) is 14.7 Å². The standard InChI is InChI=1S/C27H29ClINO3/c28-21-8-1-17(2-9-21)16-27-13-14-30(25(31)18-3-5-19(6-4-18)26(32)33)24(27)12-7-20-15-22(29)10-11-23(20)27/h1-2,8-11,15,18-19,24H,3-7,12-14,16H2,(H,32,33)/t18-,19-,24?,27?. The Kier molecular flexibility index (Phi) is 6.47. The molecule has 0 bridgehead atoms. The Morgan fingerprint density at radius 2 is 1.73 bits per heavy atom. The molecule has 1 heterocycles. The van der Waals surface area contributed by atoms with E-state index in [-0.39, 0.29) is 29.2 Å². The third-order valence-corrected chi connectivity index (χ3v) is 9.17. The fourth-order valence-corrected chi connectivity index (χ4v) is 7.27. The number of hydrogen-bond acceptors (Lipinski definition) is 2. The van der Waals surface area contributed by atoms with Crippen LogP contribution in [0.5, 0.6) is 0 Å². The zero-order chi connectivity index (χ0) is 23.2. The largest absolute Gasteiger partial charge is 0.481 e. The van der Waals surface area contributed by atoms with Gasteiger partial charge >= 0.3 is 5.97 Å². The van der Waals surface area contributed by atoms with Crippen molar-refractivity contribution in [3.63, 3.8) is 0 Å². The van der Waals surface area contributed by atoms with Crippen LogP contribution in [0.25, 0.3) is 0 Å². The molecule has 1 saturated carbocycles. The molecule has 1 saturated heterocycles. The predicted octanol–water partition coefficient (Wildman–Crippen LogP) is 5.86. The van der Waals surface area contributed by atoms with Gasteiger partial charge < -0.3 is 10.0 Å². The highest BCUT2D eigenvalue weighted by Gasteiger charge is 2.53. The van der Waals surface area contributed by atoms with Gasteiger partial charge in [-0.2, -0.15) is 0 Å². The summed E-state index contributed by atoms with van der Waals surface area (Å²) in [5.41, 5.74) is 3.99.